The topological polar surface area (TPSA) is 15.3 Å². The molecule has 1 unspecified atom stereocenters. The highest BCUT2D eigenvalue weighted by Gasteiger charge is 2.23. The zero-order chi connectivity index (χ0) is 13.9. The van der Waals surface area contributed by atoms with Gasteiger partial charge in [-0.15, -0.1) is 11.3 Å². The van der Waals surface area contributed by atoms with Gasteiger partial charge in [-0.25, -0.2) is 0 Å². The number of nitrogens with one attached hydrogen (secondary N) is 1. The molecule has 3 heteroatoms. The van der Waals surface area contributed by atoms with Gasteiger partial charge in [0, 0.05) is 30.6 Å². The van der Waals surface area contributed by atoms with E-state index in [1.54, 1.807) is 10.4 Å². The van der Waals surface area contributed by atoms with Gasteiger partial charge in [-0.3, -0.25) is 4.90 Å². The van der Waals surface area contributed by atoms with Crippen molar-refractivity contribution in [2.75, 3.05) is 26.2 Å². The highest BCUT2D eigenvalue weighted by molar-refractivity contribution is 7.10. The Balaban J connectivity index is 1.70. The maximum Gasteiger partial charge on any atom is 0.0331 e. The second kappa shape index (κ2) is 6.38. The number of thiophene rings is 1. The van der Waals surface area contributed by atoms with Crippen LogP contribution < -0.4 is 5.32 Å². The highest BCUT2D eigenvalue weighted by atomic mass is 32.1. The van der Waals surface area contributed by atoms with E-state index in [-0.39, 0.29) is 0 Å². The average molecular weight is 280 g/mol. The molecule has 19 heavy (non-hydrogen) atoms. The number of fused-ring (bicyclic) bond motifs is 1. The van der Waals surface area contributed by atoms with Gasteiger partial charge in [0.1, 0.15) is 0 Å². The van der Waals surface area contributed by atoms with E-state index in [4.69, 9.17) is 0 Å². The molecule has 2 heterocycles. The van der Waals surface area contributed by atoms with E-state index >= 15 is 0 Å². The lowest BCUT2D eigenvalue weighted by atomic mass is 9.92. The van der Waals surface area contributed by atoms with Crippen molar-refractivity contribution in [1.29, 1.82) is 0 Å². The molecular weight excluding hydrogens is 252 g/mol. The fraction of sp³-hybridized carbons (Fsp3) is 0.750. The first-order valence-electron chi connectivity index (χ1n) is 7.48. The van der Waals surface area contributed by atoms with Gasteiger partial charge in [0.25, 0.3) is 0 Å². The first kappa shape index (κ1) is 15.0. The predicted octanol–water partition coefficient (Wildman–Crippen LogP) is 3.69. The van der Waals surface area contributed by atoms with E-state index in [0.717, 1.165) is 13.1 Å². The van der Waals surface area contributed by atoms with Crippen LogP contribution in [0.2, 0.25) is 0 Å². The molecule has 0 bridgehead atoms. The monoisotopic (exact) mass is 280 g/mol. The fourth-order valence-electron chi connectivity index (χ4n) is 2.68. The third-order valence-corrected chi connectivity index (χ3v) is 5.03. The maximum atomic E-state index is 3.59. The molecule has 0 aliphatic carbocycles. The molecule has 0 spiro atoms. The van der Waals surface area contributed by atoms with E-state index in [2.05, 4.69) is 49.4 Å². The van der Waals surface area contributed by atoms with Crippen molar-refractivity contribution in [2.45, 2.75) is 46.6 Å². The Hall–Kier alpha value is -0.380. The largest absolute Gasteiger partial charge is 0.315 e. The summed E-state index contributed by atoms with van der Waals surface area (Å²) in [6.07, 6.45) is 2.48. The summed E-state index contributed by atoms with van der Waals surface area (Å²) in [5.41, 5.74) is 2.00. The molecule has 0 radical (unpaired) electrons. The molecule has 0 saturated carbocycles. The molecular formula is C16H28N2S. The van der Waals surface area contributed by atoms with Crippen LogP contribution >= 0.6 is 11.3 Å². The fourth-order valence-corrected chi connectivity index (χ4v) is 3.64. The molecule has 0 amide bonds. The van der Waals surface area contributed by atoms with Crippen LogP contribution in [0.3, 0.4) is 0 Å². The first-order valence-corrected chi connectivity index (χ1v) is 8.36. The quantitative estimate of drug-likeness (QED) is 0.828. The van der Waals surface area contributed by atoms with Crippen LogP contribution in [0.5, 0.6) is 0 Å². The Morgan fingerprint density at radius 2 is 2.16 bits per heavy atom. The number of rotatable bonds is 5. The van der Waals surface area contributed by atoms with E-state index in [1.807, 2.05) is 11.3 Å². The molecule has 0 saturated heterocycles. The summed E-state index contributed by atoms with van der Waals surface area (Å²) in [6.45, 7) is 13.9. The highest BCUT2D eigenvalue weighted by Crippen LogP contribution is 2.32. The van der Waals surface area contributed by atoms with Gasteiger partial charge in [0.05, 0.1) is 0 Å². The minimum Gasteiger partial charge on any atom is -0.315 e. The number of nitrogens with zero attached hydrogens (tertiary/aromatic N) is 1. The zero-order valence-electron chi connectivity index (χ0n) is 12.8. The first-order chi connectivity index (χ1) is 8.97. The van der Waals surface area contributed by atoms with Gasteiger partial charge < -0.3 is 5.32 Å². The summed E-state index contributed by atoms with van der Waals surface area (Å²) in [4.78, 5) is 4.21. The molecule has 1 aliphatic rings. The van der Waals surface area contributed by atoms with Crippen molar-refractivity contribution in [3.05, 3.63) is 21.9 Å². The van der Waals surface area contributed by atoms with Gasteiger partial charge in [0.15, 0.2) is 0 Å². The summed E-state index contributed by atoms with van der Waals surface area (Å²) in [7, 11) is 0. The number of hydrogen-bond donors (Lipinski definition) is 1. The lowest BCUT2D eigenvalue weighted by molar-refractivity contribution is 0.200. The van der Waals surface area contributed by atoms with Crippen LogP contribution in [-0.4, -0.2) is 31.1 Å². The summed E-state index contributed by atoms with van der Waals surface area (Å²) in [6, 6.07) is 2.91. The number of hydrogen-bond acceptors (Lipinski definition) is 3. The molecule has 1 aromatic heterocycles. The zero-order valence-corrected chi connectivity index (χ0v) is 13.6. The maximum absolute atomic E-state index is 3.59. The van der Waals surface area contributed by atoms with Crippen LogP contribution in [0.25, 0.3) is 0 Å². The molecule has 1 aliphatic heterocycles. The minimum atomic E-state index is 0.441. The molecule has 108 valence electrons. The molecule has 2 rings (SSSR count). The molecule has 1 aromatic rings. The van der Waals surface area contributed by atoms with Crippen molar-refractivity contribution in [3.63, 3.8) is 0 Å². The van der Waals surface area contributed by atoms with Gasteiger partial charge in [-0.1, -0.05) is 20.8 Å². The predicted molar refractivity (Wildman–Crippen MR) is 85.0 cm³/mol. The van der Waals surface area contributed by atoms with E-state index in [0.29, 0.717) is 11.5 Å². The molecule has 1 atom stereocenters. The van der Waals surface area contributed by atoms with Gasteiger partial charge in [-0.05, 0) is 48.7 Å². The van der Waals surface area contributed by atoms with Crippen molar-refractivity contribution in [2.24, 2.45) is 5.41 Å². The van der Waals surface area contributed by atoms with Crippen LogP contribution in [-0.2, 0) is 6.42 Å². The van der Waals surface area contributed by atoms with Crippen molar-refractivity contribution in [3.8, 4) is 0 Å². The van der Waals surface area contributed by atoms with E-state index < -0.39 is 0 Å². The Morgan fingerprint density at radius 3 is 2.89 bits per heavy atom. The van der Waals surface area contributed by atoms with Gasteiger partial charge >= 0.3 is 0 Å². The Kier molecular flexibility index (Phi) is 5.04. The van der Waals surface area contributed by atoms with Crippen LogP contribution in [0.1, 0.15) is 50.6 Å². The summed E-state index contributed by atoms with van der Waals surface area (Å²) < 4.78 is 0. The SMILES string of the molecule is CC1c2ccsc2CCN1CCNCCC(C)(C)C. The Labute approximate surface area is 122 Å². The van der Waals surface area contributed by atoms with Crippen molar-refractivity contribution >= 4 is 11.3 Å². The Bertz CT molecular complexity index is 392. The summed E-state index contributed by atoms with van der Waals surface area (Å²) in [5.74, 6) is 0. The van der Waals surface area contributed by atoms with Gasteiger partial charge in [0.2, 0.25) is 0 Å². The van der Waals surface area contributed by atoms with Gasteiger partial charge in [-0.2, -0.15) is 0 Å². The third kappa shape index (κ3) is 4.30. The molecule has 0 fully saturated rings. The lowest BCUT2D eigenvalue weighted by Gasteiger charge is -2.33. The second-order valence-corrected chi connectivity index (χ2v) is 7.82. The van der Waals surface area contributed by atoms with Crippen LogP contribution in [0.4, 0.5) is 0 Å². The molecule has 1 N–H and O–H groups in total. The smallest absolute Gasteiger partial charge is 0.0331 e. The standard InChI is InChI=1S/C16H28N2S/c1-13-14-6-12-19-15(14)5-10-18(13)11-9-17-8-7-16(2,3)4/h6,12-13,17H,5,7-11H2,1-4H3. The van der Waals surface area contributed by atoms with E-state index in [1.165, 1.54) is 25.9 Å². The van der Waals surface area contributed by atoms with Crippen molar-refractivity contribution < 1.29 is 0 Å². The normalized spacial score (nSPS) is 20.5. The van der Waals surface area contributed by atoms with Crippen LogP contribution in [0, 0.1) is 5.41 Å². The Morgan fingerprint density at radius 1 is 1.37 bits per heavy atom. The summed E-state index contributed by atoms with van der Waals surface area (Å²) in [5, 5.41) is 5.83. The third-order valence-electron chi connectivity index (χ3n) is 4.03. The lowest BCUT2D eigenvalue weighted by Crippen LogP contribution is -2.38. The van der Waals surface area contributed by atoms with Crippen molar-refractivity contribution in [1.82, 2.24) is 10.2 Å². The van der Waals surface area contributed by atoms with E-state index in [9.17, 15) is 0 Å². The molecule has 2 nitrogen and oxygen atoms in total. The average Bonchev–Trinajstić information content (AvgIpc) is 2.79. The summed E-state index contributed by atoms with van der Waals surface area (Å²) >= 11 is 1.92. The second-order valence-electron chi connectivity index (χ2n) is 6.82. The molecule has 0 aromatic carbocycles. The van der Waals surface area contributed by atoms with Crippen LogP contribution in [0.15, 0.2) is 11.4 Å². The minimum absolute atomic E-state index is 0.441.